The maximum absolute atomic E-state index is 13.4. The summed E-state index contributed by atoms with van der Waals surface area (Å²) in [4.78, 5) is 16.0. The smallest absolute Gasteiger partial charge is 0.324 e. The molecule has 3 aromatic rings. The van der Waals surface area contributed by atoms with Crippen molar-refractivity contribution in [3.8, 4) is 5.69 Å². The second-order valence-corrected chi connectivity index (χ2v) is 8.81. The predicted octanol–water partition coefficient (Wildman–Crippen LogP) is 8.21. The van der Waals surface area contributed by atoms with Crippen LogP contribution < -0.4 is 10.9 Å². The topological polar surface area (TPSA) is 46.9 Å². The summed E-state index contributed by atoms with van der Waals surface area (Å²) in [6.45, 7) is 0. The zero-order valence-corrected chi connectivity index (χ0v) is 20.2. The van der Waals surface area contributed by atoms with Crippen molar-refractivity contribution in [1.29, 1.82) is 0 Å². The van der Waals surface area contributed by atoms with Crippen molar-refractivity contribution in [1.82, 2.24) is 9.55 Å². The van der Waals surface area contributed by atoms with Gasteiger partial charge in [0.15, 0.2) is 5.69 Å². The van der Waals surface area contributed by atoms with Crippen LogP contribution in [-0.2, 0) is 18.5 Å². The van der Waals surface area contributed by atoms with Gasteiger partial charge in [-0.25, -0.2) is 9.55 Å². The van der Waals surface area contributed by atoms with Gasteiger partial charge in [-0.2, -0.15) is 39.5 Å². The number of rotatable bonds is 3. The summed E-state index contributed by atoms with van der Waals surface area (Å²) in [5.74, 6) is -1.04. The summed E-state index contributed by atoms with van der Waals surface area (Å²) < 4.78 is 120. The Morgan fingerprint density at radius 3 is 1.91 bits per heavy atom. The van der Waals surface area contributed by atoms with Gasteiger partial charge in [-0.15, -0.1) is 0 Å². The first kappa shape index (κ1) is 27.3. The van der Waals surface area contributed by atoms with Crippen LogP contribution in [0.3, 0.4) is 0 Å². The Morgan fingerprint density at radius 1 is 0.857 bits per heavy atom. The lowest BCUT2D eigenvalue weighted by molar-refractivity contribution is -0.143. The lowest BCUT2D eigenvalue weighted by Crippen LogP contribution is -2.27. The molecular formula is C19H7Br2ClF9N3O. The van der Waals surface area contributed by atoms with E-state index in [1.54, 1.807) is 0 Å². The van der Waals surface area contributed by atoms with Gasteiger partial charge in [0.1, 0.15) is 5.02 Å². The first-order valence-electron chi connectivity index (χ1n) is 8.82. The third kappa shape index (κ3) is 5.77. The summed E-state index contributed by atoms with van der Waals surface area (Å²) in [6.07, 6.45) is -15.8. The number of halogens is 12. The van der Waals surface area contributed by atoms with Crippen LogP contribution in [0.1, 0.15) is 16.8 Å². The maximum Gasteiger partial charge on any atom is 0.435 e. The third-order valence-electron chi connectivity index (χ3n) is 4.33. The fourth-order valence-corrected chi connectivity index (χ4v) is 3.86. The van der Waals surface area contributed by atoms with E-state index in [-0.39, 0.29) is 17.8 Å². The number of nitrogens with one attached hydrogen (secondary N) is 1. The van der Waals surface area contributed by atoms with Crippen LogP contribution in [0.4, 0.5) is 51.1 Å². The highest BCUT2D eigenvalue weighted by Crippen LogP contribution is 2.44. The van der Waals surface area contributed by atoms with E-state index in [9.17, 15) is 44.3 Å². The predicted molar refractivity (Wildman–Crippen MR) is 115 cm³/mol. The van der Waals surface area contributed by atoms with E-state index in [1.165, 1.54) is 24.3 Å². The molecule has 1 heterocycles. The van der Waals surface area contributed by atoms with Gasteiger partial charge in [-0.1, -0.05) is 27.5 Å². The Morgan fingerprint density at radius 2 is 1.43 bits per heavy atom. The van der Waals surface area contributed by atoms with Gasteiger partial charge in [-0.05, 0) is 52.3 Å². The van der Waals surface area contributed by atoms with Crippen molar-refractivity contribution in [2.45, 2.75) is 18.5 Å². The van der Waals surface area contributed by atoms with E-state index < -0.39 is 62.0 Å². The number of anilines is 2. The largest absolute Gasteiger partial charge is 0.435 e. The van der Waals surface area contributed by atoms with Crippen molar-refractivity contribution >= 4 is 55.1 Å². The van der Waals surface area contributed by atoms with Gasteiger partial charge in [0.25, 0.3) is 5.56 Å². The number of nitrogens with zero attached hydrogens (tertiary/aromatic N) is 2. The van der Waals surface area contributed by atoms with E-state index in [0.717, 1.165) is 0 Å². The quantitative estimate of drug-likeness (QED) is 0.289. The summed E-state index contributed by atoms with van der Waals surface area (Å²) >= 11 is 11.2. The van der Waals surface area contributed by atoms with Crippen LogP contribution in [0.2, 0.25) is 5.02 Å². The zero-order valence-electron chi connectivity index (χ0n) is 16.3. The molecule has 0 radical (unpaired) electrons. The number of alkyl halides is 9. The van der Waals surface area contributed by atoms with Gasteiger partial charge in [0, 0.05) is 4.47 Å². The number of hydrogen-bond acceptors (Lipinski definition) is 3. The van der Waals surface area contributed by atoms with E-state index in [0.29, 0.717) is 9.04 Å². The molecule has 2 aromatic carbocycles. The molecule has 0 aliphatic heterocycles. The SMILES string of the molecule is O=c1c(Cl)c(C(F)(F)F)nc(Nc2cc(C(F)(F)F)cc(C(F)(F)F)c2Br)n1-c1ccc(Br)cc1. The zero-order chi connectivity index (χ0) is 26.5. The third-order valence-corrected chi connectivity index (χ3v) is 6.06. The van der Waals surface area contributed by atoms with Crippen molar-refractivity contribution in [3.63, 3.8) is 0 Å². The minimum absolute atomic E-state index is 0.136. The van der Waals surface area contributed by atoms with Gasteiger partial charge < -0.3 is 5.32 Å². The van der Waals surface area contributed by atoms with Crippen LogP contribution in [-0.4, -0.2) is 9.55 Å². The fraction of sp³-hybridized carbons (Fsp3) is 0.158. The number of aromatic nitrogens is 2. The monoisotopic (exact) mass is 657 g/mol. The summed E-state index contributed by atoms with van der Waals surface area (Å²) in [5, 5.41) is 0.638. The Hall–Kier alpha value is -2.26. The van der Waals surface area contributed by atoms with Crippen LogP contribution >= 0.6 is 43.5 Å². The molecule has 0 amide bonds. The highest BCUT2D eigenvalue weighted by Gasteiger charge is 2.40. The van der Waals surface area contributed by atoms with Crippen LogP contribution in [0.5, 0.6) is 0 Å². The maximum atomic E-state index is 13.4. The molecule has 0 aliphatic carbocycles. The molecule has 0 bridgehead atoms. The second kappa shape index (κ2) is 9.32. The summed E-state index contributed by atoms with van der Waals surface area (Å²) in [5.41, 5.74) is -7.98. The molecule has 1 aromatic heterocycles. The molecule has 0 unspecified atom stereocenters. The van der Waals surface area contributed by atoms with Crippen LogP contribution in [0.25, 0.3) is 5.69 Å². The van der Waals surface area contributed by atoms with Gasteiger partial charge in [0.05, 0.1) is 27.0 Å². The molecule has 0 atom stereocenters. The van der Waals surface area contributed by atoms with Crippen molar-refractivity contribution in [2.75, 3.05) is 5.32 Å². The van der Waals surface area contributed by atoms with Gasteiger partial charge in [-0.3, -0.25) is 4.79 Å². The number of hydrogen-bond donors (Lipinski definition) is 1. The molecule has 4 nitrogen and oxygen atoms in total. The normalized spacial score (nSPS) is 12.7. The van der Waals surface area contributed by atoms with E-state index in [4.69, 9.17) is 11.6 Å². The molecule has 0 spiro atoms. The van der Waals surface area contributed by atoms with Gasteiger partial charge >= 0.3 is 18.5 Å². The van der Waals surface area contributed by atoms with Crippen LogP contribution in [0.15, 0.2) is 50.1 Å². The minimum Gasteiger partial charge on any atom is -0.324 e. The first-order chi connectivity index (χ1) is 15.9. The van der Waals surface area contributed by atoms with Gasteiger partial charge in [0.2, 0.25) is 5.95 Å². The minimum atomic E-state index is -5.27. The molecule has 3 rings (SSSR count). The van der Waals surface area contributed by atoms with Crippen molar-refractivity contribution < 1.29 is 39.5 Å². The van der Waals surface area contributed by atoms with E-state index >= 15 is 0 Å². The summed E-state index contributed by atoms with van der Waals surface area (Å²) in [6, 6.07) is 5.25. The second-order valence-electron chi connectivity index (χ2n) is 6.72. The molecule has 188 valence electrons. The molecule has 0 fully saturated rings. The highest BCUT2D eigenvalue weighted by molar-refractivity contribution is 9.11. The Labute approximate surface area is 211 Å². The molecule has 16 heteroatoms. The lowest BCUT2D eigenvalue weighted by Gasteiger charge is -2.20. The van der Waals surface area contributed by atoms with E-state index in [2.05, 4.69) is 36.8 Å². The average molecular weight is 660 g/mol. The summed E-state index contributed by atoms with van der Waals surface area (Å²) in [7, 11) is 0. The molecular weight excluding hydrogens is 652 g/mol. The molecule has 0 saturated carbocycles. The van der Waals surface area contributed by atoms with E-state index in [1.807, 2.05) is 5.32 Å². The molecule has 0 saturated heterocycles. The standard InChI is InChI=1S/C19H7Br2ClF9N3O/c20-8-1-3-9(4-2-8)34-15(35)13(22)14(19(29,30)31)33-16(34)32-11-6-7(17(23,24)25)5-10(12(11)21)18(26,27)28/h1-6H,(H,32,33). The van der Waals surface area contributed by atoms with Crippen LogP contribution in [0, 0.1) is 0 Å². The Bertz CT molecular complexity index is 1330. The Balaban J connectivity index is 2.36. The highest BCUT2D eigenvalue weighted by atomic mass is 79.9. The van der Waals surface area contributed by atoms with Crippen molar-refractivity contribution in [3.05, 3.63) is 77.5 Å². The number of benzene rings is 2. The average Bonchev–Trinajstić information content (AvgIpc) is 2.70. The Kier molecular flexibility index (Phi) is 7.27. The molecule has 0 aliphatic rings. The molecule has 1 N–H and O–H groups in total. The molecule has 35 heavy (non-hydrogen) atoms. The lowest BCUT2D eigenvalue weighted by atomic mass is 10.1. The van der Waals surface area contributed by atoms with Crippen molar-refractivity contribution in [2.24, 2.45) is 0 Å². The fourth-order valence-electron chi connectivity index (χ4n) is 2.81. The first-order valence-corrected chi connectivity index (χ1v) is 10.8.